The summed E-state index contributed by atoms with van der Waals surface area (Å²) in [5.74, 6) is 0.00184. The van der Waals surface area contributed by atoms with E-state index >= 15 is 0 Å². The second-order valence-corrected chi connectivity index (χ2v) is 11.3. The van der Waals surface area contributed by atoms with Gasteiger partial charge in [0.05, 0.1) is 27.7 Å². The van der Waals surface area contributed by atoms with Crippen LogP contribution in [0.25, 0.3) is 22.3 Å². The van der Waals surface area contributed by atoms with E-state index in [-0.39, 0.29) is 17.9 Å². The number of carbonyl (C=O) groups is 2. The molecule has 0 atom stereocenters. The number of carbonyl (C=O) groups excluding carboxylic acids is 2. The van der Waals surface area contributed by atoms with Crippen molar-refractivity contribution in [1.82, 2.24) is 24.6 Å². The van der Waals surface area contributed by atoms with Crippen LogP contribution in [0.5, 0.6) is 0 Å². The highest BCUT2D eigenvalue weighted by atomic mass is 32.1. The summed E-state index contributed by atoms with van der Waals surface area (Å²) >= 11 is 3.18. The van der Waals surface area contributed by atoms with Gasteiger partial charge >= 0.3 is 0 Å². The molecular formula is C25H27N5O2S2. The summed E-state index contributed by atoms with van der Waals surface area (Å²) in [7, 11) is 0. The second-order valence-electron chi connectivity index (χ2n) is 8.86. The summed E-state index contributed by atoms with van der Waals surface area (Å²) in [4.78, 5) is 38.2. The van der Waals surface area contributed by atoms with E-state index in [0.29, 0.717) is 31.7 Å². The fourth-order valence-electron chi connectivity index (χ4n) is 4.44. The fourth-order valence-corrected chi connectivity index (χ4v) is 6.06. The minimum atomic E-state index is -0.0372. The third-order valence-electron chi connectivity index (χ3n) is 6.19. The van der Waals surface area contributed by atoms with Gasteiger partial charge in [0.15, 0.2) is 5.65 Å². The first-order valence-electron chi connectivity index (χ1n) is 11.4. The molecule has 0 N–H and O–H groups in total. The zero-order chi connectivity index (χ0) is 24.0. The smallest absolute Gasteiger partial charge is 0.264 e. The van der Waals surface area contributed by atoms with E-state index in [9.17, 15) is 9.59 Å². The summed E-state index contributed by atoms with van der Waals surface area (Å²) in [5.41, 5.74) is 3.20. The van der Waals surface area contributed by atoms with Crippen LogP contribution in [-0.2, 0) is 0 Å². The number of amides is 2. The second kappa shape index (κ2) is 8.96. The first-order valence-corrected chi connectivity index (χ1v) is 13.1. The molecule has 0 aromatic carbocycles. The van der Waals surface area contributed by atoms with Crippen LogP contribution in [0.15, 0.2) is 35.8 Å². The van der Waals surface area contributed by atoms with E-state index < -0.39 is 0 Å². The topological polar surface area (TPSA) is 71.3 Å². The van der Waals surface area contributed by atoms with Gasteiger partial charge in [0.1, 0.15) is 0 Å². The fraction of sp³-hybridized carbons (Fsp3) is 0.360. The largest absolute Gasteiger partial charge is 0.335 e. The van der Waals surface area contributed by atoms with E-state index in [1.54, 1.807) is 17.5 Å². The molecule has 9 heteroatoms. The molecule has 0 radical (unpaired) electrons. The predicted octanol–water partition coefficient (Wildman–Crippen LogP) is 5.02. The zero-order valence-corrected chi connectivity index (χ0v) is 21.4. The summed E-state index contributed by atoms with van der Waals surface area (Å²) in [6.45, 7) is 10.4. The number of pyridine rings is 1. The van der Waals surface area contributed by atoms with E-state index in [1.165, 1.54) is 21.1 Å². The maximum atomic E-state index is 13.7. The van der Waals surface area contributed by atoms with Crippen molar-refractivity contribution in [2.75, 3.05) is 26.2 Å². The van der Waals surface area contributed by atoms with Crippen LogP contribution >= 0.6 is 22.7 Å². The first-order chi connectivity index (χ1) is 16.3. The van der Waals surface area contributed by atoms with Crippen molar-refractivity contribution in [2.45, 2.75) is 33.7 Å². The zero-order valence-electron chi connectivity index (χ0n) is 19.7. The number of fused-ring (bicyclic) bond motifs is 1. The van der Waals surface area contributed by atoms with Crippen LogP contribution in [0.3, 0.4) is 0 Å². The van der Waals surface area contributed by atoms with Gasteiger partial charge in [0, 0.05) is 47.5 Å². The molecule has 4 aromatic heterocycles. The van der Waals surface area contributed by atoms with Crippen molar-refractivity contribution in [3.05, 3.63) is 56.0 Å². The predicted molar refractivity (Wildman–Crippen MR) is 137 cm³/mol. The van der Waals surface area contributed by atoms with Crippen LogP contribution in [0.2, 0.25) is 0 Å². The third kappa shape index (κ3) is 4.03. The molecule has 2 amide bonds. The molecule has 4 aromatic rings. The lowest BCUT2D eigenvalue weighted by atomic mass is 10.1. The van der Waals surface area contributed by atoms with Gasteiger partial charge in [-0.25, -0.2) is 9.67 Å². The Hall–Kier alpha value is -3.04. The van der Waals surface area contributed by atoms with Gasteiger partial charge in [0.2, 0.25) is 0 Å². The molecule has 5 heterocycles. The maximum absolute atomic E-state index is 13.7. The molecule has 0 unspecified atom stereocenters. The molecule has 0 bridgehead atoms. The van der Waals surface area contributed by atoms with Crippen LogP contribution in [0.4, 0.5) is 0 Å². The summed E-state index contributed by atoms with van der Waals surface area (Å²) < 4.78 is 1.88. The Bertz CT molecular complexity index is 1360. The number of hydrogen-bond acceptors (Lipinski definition) is 6. The number of thiophene rings is 2. The standard InChI is InChI=1S/C25H27N5O2S2/c1-15(2)30-23-20(14-26-30)19(13-21(27-23)18-12-16(3)34-17(18)4)24(31)28-7-9-29(10-8-28)25(32)22-6-5-11-33-22/h5-6,11-15H,7-10H2,1-4H3. The molecular weight excluding hydrogens is 466 g/mol. The van der Waals surface area contributed by atoms with Gasteiger partial charge in [-0.2, -0.15) is 5.10 Å². The Morgan fingerprint density at radius 3 is 2.32 bits per heavy atom. The van der Waals surface area contributed by atoms with Crippen molar-refractivity contribution >= 4 is 45.5 Å². The number of hydrogen-bond donors (Lipinski definition) is 0. The Labute approximate surface area is 206 Å². The molecule has 1 fully saturated rings. The van der Waals surface area contributed by atoms with E-state index in [1.807, 2.05) is 38.1 Å². The molecule has 0 spiro atoms. The summed E-state index contributed by atoms with van der Waals surface area (Å²) in [6.07, 6.45) is 1.75. The van der Waals surface area contributed by atoms with Crippen molar-refractivity contribution < 1.29 is 9.59 Å². The van der Waals surface area contributed by atoms with Crippen molar-refractivity contribution in [1.29, 1.82) is 0 Å². The molecule has 7 nitrogen and oxygen atoms in total. The number of piperazine rings is 1. The lowest BCUT2D eigenvalue weighted by molar-refractivity contribution is 0.0539. The van der Waals surface area contributed by atoms with Crippen molar-refractivity contribution in [3.8, 4) is 11.3 Å². The van der Waals surface area contributed by atoms with Crippen molar-refractivity contribution in [3.63, 3.8) is 0 Å². The molecule has 0 saturated carbocycles. The minimum absolute atomic E-state index is 0.0372. The lowest BCUT2D eigenvalue weighted by Gasteiger charge is -2.34. The highest BCUT2D eigenvalue weighted by Gasteiger charge is 2.28. The first kappa shape index (κ1) is 22.7. The number of nitrogens with zero attached hydrogens (tertiary/aromatic N) is 5. The van der Waals surface area contributed by atoms with Gasteiger partial charge in [-0.1, -0.05) is 6.07 Å². The highest BCUT2D eigenvalue weighted by molar-refractivity contribution is 7.12. The SMILES string of the molecule is Cc1cc(-c2cc(C(=O)N3CCN(C(=O)c4cccs4)CC3)c3cnn(C(C)C)c3n2)c(C)s1. The van der Waals surface area contributed by atoms with Gasteiger partial charge in [0.25, 0.3) is 11.8 Å². The average molecular weight is 494 g/mol. The molecule has 1 aliphatic rings. The number of aryl methyl sites for hydroxylation is 2. The normalized spacial score (nSPS) is 14.4. The van der Waals surface area contributed by atoms with Crippen molar-refractivity contribution in [2.24, 2.45) is 0 Å². The Morgan fingerprint density at radius 2 is 1.74 bits per heavy atom. The van der Waals surface area contributed by atoms with Gasteiger partial charge < -0.3 is 9.80 Å². The molecule has 34 heavy (non-hydrogen) atoms. The molecule has 1 saturated heterocycles. The van der Waals surface area contributed by atoms with Gasteiger partial charge in [-0.3, -0.25) is 9.59 Å². The van der Waals surface area contributed by atoms with Gasteiger partial charge in [-0.15, -0.1) is 22.7 Å². The molecule has 1 aliphatic heterocycles. The Balaban J connectivity index is 1.47. The highest BCUT2D eigenvalue weighted by Crippen LogP contribution is 2.33. The number of rotatable bonds is 4. The summed E-state index contributed by atoms with van der Waals surface area (Å²) in [6, 6.07) is 7.90. The van der Waals surface area contributed by atoms with E-state index in [2.05, 4.69) is 38.9 Å². The van der Waals surface area contributed by atoms with E-state index in [0.717, 1.165) is 27.2 Å². The molecule has 5 rings (SSSR count). The quantitative estimate of drug-likeness (QED) is 0.400. The van der Waals surface area contributed by atoms with Crippen LogP contribution in [-0.4, -0.2) is 62.6 Å². The Morgan fingerprint density at radius 1 is 1.03 bits per heavy atom. The van der Waals surface area contributed by atoms with E-state index in [4.69, 9.17) is 4.98 Å². The third-order valence-corrected chi connectivity index (χ3v) is 8.01. The van der Waals surface area contributed by atoms with Gasteiger partial charge in [-0.05, 0) is 51.3 Å². The number of aromatic nitrogens is 3. The molecule has 176 valence electrons. The van der Waals surface area contributed by atoms with Crippen LogP contribution < -0.4 is 0 Å². The average Bonchev–Trinajstić information content (AvgIpc) is 3.57. The monoisotopic (exact) mass is 493 g/mol. The Kier molecular flexibility index (Phi) is 5.99. The molecule has 0 aliphatic carbocycles. The van der Waals surface area contributed by atoms with Crippen LogP contribution in [0.1, 0.15) is 49.7 Å². The lowest BCUT2D eigenvalue weighted by Crippen LogP contribution is -2.50. The summed E-state index contributed by atoms with van der Waals surface area (Å²) in [5, 5.41) is 7.22. The van der Waals surface area contributed by atoms with Crippen LogP contribution in [0, 0.1) is 13.8 Å². The minimum Gasteiger partial charge on any atom is -0.335 e. The maximum Gasteiger partial charge on any atom is 0.264 e.